The molecule has 0 fully saturated rings. The van der Waals surface area contributed by atoms with Gasteiger partial charge in [-0.3, -0.25) is 14.2 Å². The van der Waals surface area contributed by atoms with Gasteiger partial charge in [0.05, 0.1) is 27.7 Å². The van der Waals surface area contributed by atoms with Crippen LogP contribution in [0.5, 0.6) is 0 Å². The van der Waals surface area contributed by atoms with Crippen molar-refractivity contribution >= 4 is 19.8 Å². The number of hydrogen-bond donors (Lipinski definition) is 0. The molecular weight excluding hydrogens is 1090 g/mol. The molecule has 0 aromatic heterocycles. The third-order valence-electron chi connectivity index (χ3n) is 14.7. The molecule has 0 bridgehead atoms. The Balaban J connectivity index is 4.08. The zero-order chi connectivity index (χ0) is 62.6. The Morgan fingerprint density at radius 3 is 0.930 bits per heavy atom. The first-order valence-electron chi connectivity index (χ1n) is 34.9. The van der Waals surface area contributed by atoms with Gasteiger partial charge in [-0.05, 0) is 109 Å². The lowest BCUT2D eigenvalue weighted by Crippen LogP contribution is -2.37. The van der Waals surface area contributed by atoms with Gasteiger partial charge in [0, 0.05) is 12.8 Å². The molecule has 0 amide bonds. The summed E-state index contributed by atoms with van der Waals surface area (Å²) in [4.78, 5) is 38.1. The number of ether oxygens (including phenoxy) is 2. The van der Waals surface area contributed by atoms with Crippen LogP contribution in [0.25, 0.3) is 0 Å². The number of quaternary nitrogens is 1. The predicted molar refractivity (Wildman–Crippen MR) is 369 cm³/mol. The monoisotopic (exact) mass is 1220 g/mol. The van der Waals surface area contributed by atoms with E-state index in [4.69, 9.17) is 18.5 Å². The second kappa shape index (κ2) is 65.6. The maximum atomic E-state index is 12.9. The highest BCUT2D eigenvalue weighted by Crippen LogP contribution is 2.38. The van der Waals surface area contributed by atoms with Gasteiger partial charge in [-0.2, -0.15) is 0 Å². The van der Waals surface area contributed by atoms with Crippen LogP contribution in [0.1, 0.15) is 284 Å². The first kappa shape index (κ1) is 82.1. The van der Waals surface area contributed by atoms with Crippen molar-refractivity contribution in [3.05, 3.63) is 134 Å². The average Bonchev–Trinajstić information content (AvgIpc) is 3.56. The van der Waals surface area contributed by atoms with Gasteiger partial charge in [0.2, 0.25) is 0 Å². The number of hydrogen-bond acceptors (Lipinski definition) is 8. The number of carbonyl (C=O) groups is 2. The van der Waals surface area contributed by atoms with Crippen LogP contribution in [0.3, 0.4) is 0 Å². The van der Waals surface area contributed by atoms with Crippen molar-refractivity contribution in [1.29, 1.82) is 0 Å². The fourth-order valence-electron chi connectivity index (χ4n) is 9.39. The number of unbranched alkanes of at least 4 members (excludes halogenated alkanes) is 27. The Morgan fingerprint density at radius 2 is 0.628 bits per heavy atom. The molecular formula is C76H130NO8P. The van der Waals surface area contributed by atoms with Gasteiger partial charge in [0.15, 0.2) is 6.10 Å². The summed E-state index contributed by atoms with van der Waals surface area (Å²) in [5.74, 6) is -0.839. The van der Waals surface area contributed by atoms with E-state index in [2.05, 4.69) is 148 Å². The summed E-state index contributed by atoms with van der Waals surface area (Å²) in [6.07, 6.45) is 95.2. The van der Waals surface area contributed by atoms with Crippen LogP contribution in [0.4, 0.5) is 0 Å². The van der Waals surface area contributed by atoms with Crippen LogP contribution >= 0.6 is 7.82 Å². The molecule has 86 heavy (non-hydrogen) atoms. The fourth-order valence-corrected chi connectivity index (χ4v) is 10.1. The highest BCUT2D eigenvalue weighted by molar-refractivity contribution is 7.45. The van der Waals surface area contributed by atoms with Crippen LogP contribution in [0.2, 0.25) is 0 Å². The van der Waals surface area contributed by atoms with E-state index in [9.17, 15) is 19.0 Å². The van der Waals surface area contributed by atoms with Crippen molar-refractivity contribution < 1.29 is 42.1 Å². The lowest BCUT2D eigenvalue weighted by molar-refractivity contribution is -0.870. The number of allylic oxidation sites excluding steroid dienone is 22. The van der Waals surface area contributed by atoms with Gasteiger partial charge < -0.3 is 27.9 Å². The lowest BCUT2D eigenvalue weighted by atomic mass is 10.0. The molecule has 0 saturated heterocycles. The molecule has 0 aromatic rings. The summed E-state index contributed by atoms with van der Waals surface area (Å²) >= 11 is 0. The molecule has 0 aliphatic heterocycles. The number of carbonyl (C=O) groups excluding carboxylic acids is 2. The highest BCUT2D eigenvalue weighted by Gasteiger charge is 2.22. The van der Waals surface area contributed by atoms with E-state index in [1.165, 1.54) is 135 Å². The largest absolute Gasteiger partial charge is 0.756 e. The van der Waals surface area contributed by atoms with E-state index in [1.807, 2.05) is 21.1 Å². The lowest BCUT2D eigenvalue weighted by Gasteiger charge is -2.28. The summed E-state index contributed by atoms with van der Waals surface area (Å²) in [6.45, 7) is 4.02. The van der Waals surface area contributed by atoms with E-state index < -0.39 is 26.5 Å². The Bertz CT molecular complexity index is 1910. The fraction of sp³-hybridized carbons (Fsp3) is 0.684. The van der Waals surface area contributed by atoms with Crippen LogP contribution in [0, 0.1) is 0 Å². The smallest absolute Gasteiger partial charge is 0.306 e. The molecule has 492 valence electrons. The summed E-state index contributed by atoms with van der Waals surface area (Å²) in [7, 11) is 1.15. The summed E-state index contributed by atoms with van der Waals surface area (Å²) in [6, 6.07) is 0. The zero-order valence-electron chi connectivity index (χ0n) is 56.0. The number of likely N-dealkylation sites (N-methyl/N-ethyl adjacent to an activating group) is 1. The summed E-state index contributed by atoms with van der Waals surface area (Å²) < 4.78 is 34.3. The predicted octanol–water partition coefficient (Wildman–Crippen LogP) is 22.2. The first-order chi connectivity index (χ1) is 42.0. The van der Waals surface area contributed by atoms with E-state index in [-0.39, 0.29) is 32.0 Å². The maximum absolute atomic E-state index is 12.9. The number of rotatable bonds is 63. The zero-order valence-corrected chi connectivity index (χ0v) is 56.9. The van der Waals surface area contributed by atoms with Gasteiger partial charge >= 0.3 is 11.9 Å². The van der Waals surface area contributed by atoms with Gasteiger partial charge in [0.1, 0.15) is 19.8 Å². The number of phosphoric acid groups is 1. The molecule has 0 saturated carbocycles. The molecule has 0 aliphatic carbocycles. The highest BCUT2D eigenvalue weighted by atomic mass is 31.2. The van der Waals surface area contributed by atoms with Crippen LogP contribution in [0.15, 0.2) is 134 Å². The molecule has 0 spiro atoms. The van der Waals surface area contributed by atoms with Crippen molar-refractivity contribution in [3.8, 4) is 0 Å². The van der Waals surface area contributed by atoms with Gasteiger partial charge in [0.25, 0.3) is 7.82 Å². The molecule has 2 atom stereocenters. The van der Waals surface area contributed by atoms with Crippen molar-refractivity contribution in [2.24, 2.45) is 0 Å². The number of esters is 2. The summed E-state index contributed by atoms with van der Waals surface area (Å²) in [5, 5.41) is 0. The molecule has 2 unspecified atom stereocenters. The Morgan fingerprint density at radius 1 is 0.360 bits per heavy atom. The van der Waals surface area contributed by atoms with Gasteiger partial charge in [-0.15, -0.1) is 0 Å². The molecule has 0 aromatic carbocycles. The van der Waals surface area contributed by atoms with E-state index in [0.29, 0.717) is 17.4 Å². The molecule has 0 rings (SSSR count). The standard InChI is InChI=1S/C76H130NO8P/c1-6-8-10-12-14-16-18-20-22-24-26-28-30-32-34-36-38-40-42-44-46-48-50-52-54-56-58-60-62-64-66-68-75(78)82-72-74(73-84-86(80,81)83-71-70-77(3,4)5)85-76(79)69-67-65-63-61-59-57-55-53-51-49-47-45-43-41-39-37-35-33-31-29-27-25-23-21-19-17-15-13-11-9-7-2/h8-11,14-17,20-23,26-29,33,35,39,41,45,47,74H,6-7,12-13,18-19,24-25,30-32,34,36-38,40,42-44,46,48-73H2,1-5H3/b10-8-,11-9-,16-14-,17-15-,22-20-,23-21-,28-26-,29-27-,35-33-,41-39-,47-45-. The Hall–Kier alpha value is -3.85. The van der Waals surface area contributed by atoms with Crippen molar-refractivity contribution in [3.63, 3.8) is 0 Å². The van der Waals surface area contributed by atoms with Crippen molar-refractivity contribution in [2.45, 2.75) is 290 Å². The molecule has 0 aliphatic rings. The molecule has 0 N–H and O–H groups in total. The van der Waals surface area contributed by atoms with Crippen LogP contribution < -0.4 is 4.89 Å². The molecule has 0 heterocycles. The van der Waals surface area contributed by atoms with Crippen LogP contribution in [-0.4, -0.2) is 70.0 Å². The minimum atomic E-state index is -4.65. The molecule has 10 heteroatoms. The second-order valence-corrected chi connectivity index (χ2v) is 25.5. The Labute approximate surface area is 530 Å². The topological polar surface area (TPSA) is 111 Å². The minimum absolute atomic E-state index is 0.0372. The second-order valence-electron chi connectivity index (χ2n) is 24.1. The number of nitrogens with zero attached hydrogens (tertiary/aromatic N) is 1. The molecule has 9 nitrogen and oxygen atoms in total. The third kappa shape index (κ3) is 69.3. The van der Waals surface area contributed by atoms with E-state index in [1.54, 1.807) is 0 Å². The van der Waals surface area contributed by atoms with Crippen LogP contribution in [-0.2, 0) is 32.7 Å². The van der Waals surface area contributed by atoms with Crippen molar-refractivity contribution in [2.75, 3.05) is 47.5 Å². The maximum Gasteiger partial charge on any atom is 0.306 e. The number of phosphoric ester groups is 1. The Kier molecular flexibility index (Phi) is 62.7. The van der Waals surface area contributed by atoms with Gasteiger partial charge in [-0.25, -0.2) is 0 Å². The van der Waals surface area contributed by atoms with E-state index in [0.717, 1.165) is 116 Å². The van der Waals surface area contributed by atoms with Crippen molar-refractivity contribution in [1.82, 2.24) is 0 Å². The average molecular weight is 1220 g/mol. The third-order valence-corrected chi connectivity index (χ3v) is 15.6. The van der Waals surface area contributed by atoms with E-state index >= 15 is 0 Å². The normalized spacial score (nSPS) is 14.0. The minimum Gasteiger partial charge on any atom is -0.756 e. The molecule has 0 radical (unpaired) electrons. The quantitative estimate of drug-likeness (QED) is 0.0195. The summed E-state index contributed by atoms with van der Waals surface area (Å²) in [5.41, 5.74) is 0. The first-order valence-corrected chi connectivity index (χ1v) is 36.4. The SMILES string of the molecule is CC/C=C\C/C=C\C/C=C\C/C=C\C/C=C\C/C=C\C/C=C\CCCCCCCCCCCC(=O)OC(COC(=O)CCCCCCCCCCCCCCCCCCCC/C=C\C/C=C\C/C=C\C/C=C\CC)COP(=O)([O-])OCC[N+](C)(C)C. The van der Waals surface area contributed by atoms with Gasteiger partial charge in [-0.1, -0.05) is 295 Å².